The third-order valence-electron chi connectivity index (χ3n) is 2.45. The van der Waals surface area contributed by atoms with Gasteiger partial charge in [-0.1, -0.05) is 6.07 Å². The predicted molar refractivity (Wildman–Crippen MR) is 59.3 cm³/mol. The molecule has 1 unspecified atom stereocenters. The number of aliphatic hydroxyl groups excluding tert-OH is 1. The second-order valence-corrected chi connectivity index (χ2v) is 3.71. The zero-order chi connectivity index (χ0) is 12.3. The number of halogens is 2. The number of aliphatic hydroxyl groups is 1. The summed E-state index contributed by atoms with van der Waals surface area (Å²) in [7, 11) is 0. The van der Waals surface area contributed by atoms with Gasteiger partial charge < -0.3 is 5.11 Å². The van der Waals surface area contributed by atoms with E-state index in [4.69, 9.17) is 0 Å². The summed E-state index contributed by atoms with van der Waals surface area (Å²) >= 11 is 0. The second kappa shape index (κ2) is 5.01. The number of pyridine rings is 1. The van der Waals surface area contributed by atoms with Crippen molar-refractivity contribution in [3.63, 3.8) is 0 Å². The first-order chi connectivity index (χ1) is 8.16. The lowest BCUT2D eigenvalue weighted by atomic mass is 10.0. The van der Waals surface area contributed by atoms with E-state index in [9.17, 15) is 13.9 Å². The number of hydrogen-bond acceptors (Lipinski definition) is 2. The number of hydrogen-bond donors (Lipinski definition) is 1. The average molecular weight is 235 g/mol. The molecular weight excluding hydrogens is 224 g/mol. The summed E-state index contributed by atoms with van der Waals surface area (Å²) in [4.78, 5) is 4.02. The van der Waals surface area contributed by atoms with E-state index in [1.54, 1.807) is 24.4 Å². The number of nitrogens with zero attached hydrogens (tertiary/aromatic N) is 1. The van der Waals surface area contributed by atoms with Gasteiger partial charge in [0.25, 0.3) is 0 Å². The van der Waals surface area contributed by atoms with Crippen LogP contribution in [0.15, 0.2) is 42.6 Å². The summed E-state index contributed by atoms with van der Waals surface area (Å²) in [5.74, 6) is -1.18. The molecule has 4 heteroatoms. The largest absolute Gasteiger partial charge is 0.388 e. The monoisotopic (exact) mass is 235 g/mol. The maximum atomic E-state index is 13.4. The van der Waals surface area contributed by atoms with E-state index < -0.39 is 17.7 Å². The molecular formula is C13H11F2NO. The van der Waals surface area contributed by atoms with E-state index in [1.807, 2.05) is 0 Å². The molecule has 0 amide bonds. The molecule has 1 N–H and O–H groups in total. The van der Waals surface area contributed by atoms with Gasteiger partial charge in [0, 0.05) is 23.9 Å². The van der Waals surface area contributed by atoms with Crippen LogP contribution in [0.3, 0.4) is 0 Å². The van der Waals surface area contributed by atoms with E-state index >= 15 is 0 Å². The fourth-order valence-electron chi connectivity index (χ4n) is 1.60. The molecule has 1 aromatic heterocycles. The van der Waals surface area contributed by atoms with Gasteiger partial charge in [-0.05, 0) is 30.3 Å². The minimum atomic E-state index is -1.10. The van der Waals surface area contributed by atoms with Crippen LogP contribution in [-0.4, -0.2) is 10.1 Å². The molecule has 0 saturated carbocycles. The number of rotatable bonds is 3. The van der Waals surface area contributed by atoms with Crippen molar-refractivity contribution in [1.29, 1.82) is 0 Å². The van der Waals surface area contributed by atoms with Gasteiger partial charge in [-0.3, -0.25) is 4.98 Å². The Morgan fingerprint density at radius 1 is 1.18 bits per heavy atom. The molecule has 1 atom stereocenters. The van der Waals surface area contributed by atoms with Gasteiger partial charge in [0.1, 0.15) is 11.6 Å². The third kappa shape index (κ3) is 2.85. The molecule has 17 heavy (non-hydrogen) atoms. The second-order valence-electron chi connectivity index (χ2n) is 3.71. The Hall–Kier alpha value is -1.81. The smallest absolute Gasteiger partial charge is 0.129 e. The van der Waals surface area contributed by atoms with Crippen LogP contribution in [0.1, 0.15) is 17.4 Å². The van der Waals surface area contributed by atoms with E-state index in [2.05, 4.69) is 4.98 Å². The molecule has 2 rings (SSSR count). The summed E-state index contributed by atoms with van der Waals surface area (Å²) in [5.41, 5.74) is 0.583. The first-order valence-electron chi connectivity index (χ1n) is 5.20. The lowest BCUT2D eigenvalue weighted by molar-refractivity contribution is 0.172. The van der Waals surface area contributed by atoms with Crippen molar-refractivity contribution < 1.29 is 13.9 Å². The van der Waals surface area contributed by atoms with Crippen LogP contribution in [0.25, 0.3) is 0 Å². The SMILES string of the molecule is OC(Cc1ccccn1)c1cc(F)ccc1F. The number of benzene rings is 1. The van der Waals surface area contributed by atoms with Crippen LogP contribution in [-0.2, 0) is 6.42 Å². The molecule has 0 aliphatic rings. The standard InChI is InChI=1S/C13H11F2NO/c14-9-4-5-12(15)11(7-9)13(17)8-10-3-1-2-6-16-10/h1-7,13,17H,8H2. The predicted octanol–water partition coefficient (Wildman–Crippen LogP) is 2.64. The average Bonchev–Trinajstić information content (AvgIpc) is 2.33. The van der Waals surface area contributed by atoms with Gasteiger partial charge in [0.15, 0.2) is 0 Å². The molecule has 0 aliphatic heterocycles. The Balaban J connectivity index is 2.20. The van der Waals surface area contributed by atoms with Crippen LogP contribution in [0.4, 0.5) is 8.78 Å². The molecule has 0 saturated heterocycles. The Kier molecular flexibility index (Phi) is 3.44. The molecule has 0 spiro atoms. The highest BCUT2D eigenvalue weighted by molar-refractivity contribution is 5.22. The summed E-state index contributed by atoms with van der Waals surface area (Å²) in [6.07, 6.45) is 0.645. The van der Waals surface area contributed by atoms with Crippen molar-refractivity contribution in [2.75, 3.05) is 0 Å². The third-order valence-corrected chi connectivity index (χ3v) is 2.45. The maximum Gasteiger partial charge on any atom is 0.129 e. The molecule has 0 bridgehead atoms. The molecule has 0 aliphatic carbocycles. The quantitative estimate of drug-likeness (QED) is 0.887. The molecule has 0 radical (unpaired) electrons. The highest BCUT2D eigenvalue weighted by Gasteiger charge is 2.14. The maximum absolute atomic E-state index is 13.4. The van der Waals surface area contributed by atoms with Crippen molar-refractivity contribution in [2.45, 2.75) is 12.5 Å². The first kappa shape index (κ1) is 11.7. The molecule has 88 valence electrons. The van der Waals surface area contributed by atoms with E-state index in [0.717, 1.165) is 18.2 Å². The summed E-state index contributed by atoms with van der Waals surface area (Å²) < 4.78 is 26.3. The number of aromatic nitrogens is 1. The van der Waals surface area contributed by atoms with Crippen LogP contribution in [0.2, 0.25) is 0 Å². The van der Waals surface area contributed by atoms with E-state index in [1.165, 1.54) is 0 Å². The molecule has 2 nitrogen and oxygen atoms in total. The van der Waals surface area contributed by atoms with Crippen LogP contribution in [0, 0.1) is 11.6 Å². The first-order valence-corrected chi connectivity index (χ1v) is 5.20. The Bertz CT molecular complexity index is 502. The Labute approximate surface area is 97.6 Å². The Morgan fingerprint density at radius 2 is 2.00 bits per heavy atom. The van der Waals surface area contributed by atoms with Crippen LogP contribution in [0.5, 0.6) is 0 Å². The van der Waals surface area contributed by atoms with Crippen LogP contribution >= 0.6 is 0 Å². The molecule has 1 heterocycles. The van der Waals surface area contributed by atoms with Crippen molar-refractivity contribution in [3.8, 4) is 0 Å². The zero-order valence-corrected chi connectivity index (χ0v) is 8.98. The van der Waals surface area contributed by atoms with Crippen LogP contribution < -0.4 is 0 Å². The van der Waals surface area contributed by atoms with Crippen molar-refractivity contribution in [1.82, 2.24) is 4.98 Å². The summed E-state index contributed by atoms with van der Waals surface area (Å²) in [6, 6.07) is 8.28. The molecule has 0 fully saturated rings. The van der Waals surface area contributed by atoms with Crippen molar-refractivity contribution >= 4 is 0 Å². The normalized spacial score (nSPS) is 12.4. The van der Waals surface area contributed by atoms with Crippen molar-refractivity contribution in [3.05, 3.63) is 65.5 Å². The van der Waals surface area contributed by atoms with Gasteiger partial charge in [-0.15, -0.1) is 0 Å². The fraction of sp³-hybridized carbons (Fsp3) is 0.154. The molecule has 1 aromatic carbocycles. The molecule has 2 aromatic rings. The zero-order valence-electron chi connectivity index (χ0n) is 8.98. The lowest BCUT2D eigenvalue weighted by Gasteiger charge is -2.11. The van der Waals surface area contributed by atoms with Gasteiger partial charge in [-0.25, -0.2) is 8.78 Å². The lowest BCUT2D eigenvalue weighted by Crippen LogP contribution is -2.06. The summed E-state index contributed by atoms with van der Waals surface area (Å²) in [5, 5.41) is 9.83. The van der Waals surface area contributed by atoms with Crippen molar-refractivity contribution in [2.24, 2.45) is 0 Å². The van der Waals surface area contributed by atoms with E-state index in [0.29, 0.717) is 5.69 Å². The highest BCUT2D eigenvalue weighted by atomic mass is 19.1. The minimum absolute atomic E-state index is 0.0457. The highest BCUT2D eigenvalue weighted by Crippen LogP contribution is 2.21. The van der Waals surface area contributed by atoms with Gasteiger partial charge >= 0.3 is 0 Å². The van der Waals surface area contributed by atoms with E-state index in [-0.39, 0.29) is 12.0 Å². The summed E-state index contributed by atoms with van der Waals surface area (Å²) in [6.45, 7) is 0. The van der Waals surface area contributed by atoms with Gasteiger partial charge in [0.05, 0.1) is 6.10 Å². The minimum Gasteiger partial charge on any atom is -0.388 e. The Morgan fingerprint density at radius 3 is 2.71 bits per heavy atom. The van der Waals surface area contributed by atoms with Gasteiger partial charge in [0.2, 0.25) is 0 Å². The van der Waals surface area contributed by atoms with Gasteiger partial charge in [-0.2, -0.15) is 0 Å². The fourth-order valence-corrected chi connectivity index (χ4v) is 1.60. The topological polar surface area (TPSA) is 33.1 Å².